The lowest BCUT2D eigenvalue weighted by atomic mass is 10.1. The summed E-state index contributed by atoms with van der Waals surface area (Å²) in [6.45, 7) is 2.06. The number of amides is 2. The Morgan fingerprint density at radius 3 is 2.46 bits per heavy atom. The van der Waals surface area contributed by atoms with Gasteiger partial charge in [0.25, 0.3) is 0 Å². The standard InChI is InChI=1S/C19H21FN2O2/c1-14-10-11-16(13-17(14)20)22-19(24)18(23)21-12-6-5-9-15-7-3-2-4-8-15/h2-4,7-8,10-11,13H,5-6,9,12H2,1H3,(H,21,23)(H,22,24). The van der Waals surface area contributed by atoms with Gasteiger partial charge in [-0.1, -0.05) is 36.4 Å². The molecule has 0 saturated heterocycles. The van der Waals surface area contributed by atoms with Gasteiger partial charge in [0.05, 0.1) is 0 Å². The maximum atomic E-state index is 13.4. The molecule has 0 saturated carbocycles. The molecule has 24 heavy (non-hydrogen) atoms. The molecule has 126 valence electrons. The highest BCUT2D eigenvalue weighted by molar-refractivity contribution is 6.39. The Balaban J connectivity index is 1.68. The molecule has 2 aromatic rings. The van der Waals surface area contributed by atoms with E-state index in [4.69, 9.17) is 0 Å². The first-order valence-corrected chi connectivity index (χ1v) is 7.95. The molecule has 0 spiro atoms. The Morgan fingerprint density at radius 2 is 1.75 bits per heavy atom. The van der Waals surface area contributed by atoms with Crippen LogP contribution >= 0.6 is 0 Å². The van der Waals surface area contributed by atoms with E-state index in [1.807, 2.05) is 18.2 Å². The van der Waals surface area contributed by atoms with E-state index >= 15 is 0 Å². The van der Waals surface area contributed by atoms with E-state index in [-0.39, 0.29) is 5.69 Å². The van der Waals surface area contributed by atoms with Gasteiger partial charge in [-0.25, -0.2) is 4.39 Å². The lowest BCUT2D eigenvalue weighted by molar-refractivity contribution is -0.136. The van der Waals surface area contributed by atoms with Crippen LogP contribution in [0.3, 0.4) is 0 Å². The van der Waals surface area contributed by atoms with Gasteiger partial charge in [0.1, 0.15) is 5.82 Å². The second-order valence-electron chi connectivity index (χ2n) is 5.62. The van der Waals surface area contributed by atoms with E-state index in [9.17, 15) is 14.0 Å². The van der Waals surface area contributed by atoms with Crippen LogP contribution in [0.25, 0.3) is 0 Å². The normalized spacial score (nSPS) is 10.2. The quantitative estimate of drug-likeness (QED) is 0.632. The molecular weight excluding hydrogens is 307 g/mol. The van der Waals surface area contributed by atoms with Crippen molar-refractivity contribution >= 4 is 17.5 Å². The Bertz CT molecular complexity index is 702. The molecule has 0 bridgehead atoms. The van der Waals surface area contributed by atoms with Crippen LogP contribution in [0.4, 0.5) is 10.1 Å². The lowest BCUT2D eigenvalue weighted by Crippen LogP contribution is -2.35. The summed E-state index contributed by atoms with van der Waals surface area (Å²) in [6, 6.07) is 14.4. The molecule has 0 heterocycles. The number of nitrogens with one attached hydrogen (secondary N) is 2. The Kier molecular flexibility index (Phi) is 6.49. The number of hydrogen-bond acceptors (Lipinski definition) is 2. The van der Waals surface area contributed by atoms with E-state index in [1.165, 1.54) is 11.6 Å². The molecule has 0 fully saturated rings. The van der Waals surface area contributed by atoms with Gasteiger partial charge in [-0.3, -0.25) is 9.59 Å². The minimum Gasteiger partial charge on any atom is -0.348 e. The van der Waals surface area contributed by atoms with E-state index in [0.717, 1.165) is 19.3 Å². The topological polar surface area (TPSA) is 58.2 Å². The first kappa shape index (κ1) is 17.7. The average Bonchev–Trinajstić information content (AvgIpc) is 2.58. The van der Waals surface area contributed by atoms with E-state index in [1.54, 1.807) is 19.1 Å². The highest BCUT2D eigenvalue weighted by Gasteiger charge is 2.13. The Hall–Kier alpha value is -2.69. The highest BCUT2D eigenvalue weighted by Crippen LogP contribution is 2.13. The fourth-order valence-corrected chi connectivity index (χ4v) is 2.24. The van der Waals surface area contributed by atoms with E-state index < -0.39 is 17.6 Å². The van der Waals surface area contributed by atoms with Crippen molar-refractivity contribution < 1.29 is 14.0 Å². The van der Waals surface area contributed by atoms with E-state index in [2.05, 4.69) is 22.8 Å². The van der Waals surface area contributed by atoms with Gasteiger partial charge in [0, 0.05) is 12.2 Å². The predicted molar refractivity (Wildman–Crippen MR) is 92.2 cm³/mol. The van der Waals surface area contributed by atoms with Gasteiger partial charge in [-0.05, 0) is 49.4 Å². The van der Waals surface area contributed by atoms with Gasteiger partial charge in [0.2, 0.25) is 0 Å². The molecule has 0 aliphatic carbocycles. The molecule has 0 unspecified atom stereocenters. The van der Waals surface area contributed by atoms with Crippen molar-refractivity contribution in [2.45, 2.75) is 26.2 Å². The molecule has 0 atom stereocenters. The van der Waals surface area contributed by atoms with Crippen molar-refractivity contribution in [1.82, 2.24) is 5.32 Å². The molecule has 0 aromatic heterocycles. The number of carbonyl (C=O) groups excluding carboxylic acids is 2. The lowest BCUT2D eigenvalue weighted by Gasteiger charge is -2.07. The summed E-state index contributed by atoms with van der Waals surface area (Å²) in [5.74, 6) is -1.92. The van der Waals surface area contributed by atoms with Crippen LogP contribution in [0, 0.1) is 12.7 Å². The SMILES string of the molecule is Cc1ccc(NC(=O)C(=O)NCCCCc2ccccc2)cc1F. The molecule has 0 aliphatic rings. The molecule has 2 N–H and O–H groups in total. The van der Waals surface area contributed by atoms with Crippen LogP contribution in [-0.4, -0.2) is 18.4 Å². The van der Waals surface area contributed by atoms with Crippen molar-refractivity contribution in [2.75, 3.05) is 11.9 Å². The fourth-order valence-electron chi connectivity index (χ4n) is 2.24. The number of rotatable bonds is 6. The van der Waals surface area contributed by atoms with Crippen molar-refractivity contribution in [3.8, 4) is 0 Å². The molecule has 0 aliphatic heterocycles. The minimum absolute atomic E-state index is 0.266. The third-order valence-electron chi connectivity index (χ3n) is 3.66. The molecule has 2 aromatic carbocycles. The molecule has 5 heteroatoms. The summed E-state index contributed by atoms with van der Waals surface area (Å²) in [4.78, 5) is 23.5. The molecular formula is C19H21FN2O2. The fraction of sp³-hybridized carbons (Fsp3) is 0.263. The number of carbonyl (C=O) groups is 2. The molecule has 2 amide bonds. The van der Waals surface area contributed by atoms with Crippen molar-refractivity contribution in [2.24, 2.45) is 0 Å². The number of aryl methyl sites for hydroxylation is 2. The van der Waals surface area contributed by atoms with Crippen LogP contribution in [-0.2, 0) is 16.0 Å². The summed E-state index contributed by atoms with van der Waals surface area (Å²) in [7, 11) is 0. The zero-order valence-electron chi connectivity index (χ0n) is 13.6. The smallest absolute Gasteiger partial charge is 0.313 e. The van der Waals surface area contributed by atoms with Gasteiger partial charge in [-0.15, -0.1) is 0 Å². The summed E-state index contributed by atoms with van der Waals surface area (Å²) in [5.41, 5.74) is 2.00. The van der Waals surface area contributed by atoms with Crippen molar-refractivity contribution in [3.63, 3.8) is 0 Å². The van der Waals surface area contributed by atoms with Crippen molar-refractivity contribution in [1.29, 1.82) is 0 Å². The Labute approximate surface area is 141 Å². The van der Waals surface area contributed by atoms with Crippen molar-refractivity contribution in [3.05, 3.63) is 65.5 Å². The van der Waals surface area contributed by atoms with Gasteiger partial charge in [-0.2, -0.15) is 0 Å². The first-order chi connectivity index (χ1) is 11.6. The summed E-state index contributed by atoms with van der Waals surface area (Å²) in [5, 5.41) is 4.96. The third kappa shape index (κ3) is 5.50. The van der Waals surface area contributed by atoms with Gasteiger partial charge in [0.15, 0.2) is 0 Å². The summed E-state index contributed by atoms with van der Waals surface area (Å²) < 4.78 is 13.4. The minimum atomic E-state index is -0.790. The van der Waals surface area contributed by atoms with Gasteiger partial charge < -0.3 is 10.6 Å². The van der Waals surface area contributed by atoms with Crippen LogP contribution in [0.5, 0.6) is 0 Å². The van der Waals surface area contributed by atoms with Crippen LogP contribution < -0.4 is 10.6 Å². The third-order valence-corrected chi connectivity index (χ3v) is 3.66. The van der Waals surface area contributed by atoms with E-state index in [0.29, 0.717) is 12.1 Å². The second-order valence-corrected chi connectivity index (χ2v) is 5.62. The number of hydrogen-bond donors (Lipinski definition) is 2. The van der Waals surface area contributed by atoms with Crippen LogP contribution in [0.15, 0.2) is 48.5 Å². The average molecular weight is 328 g/mol. The number of halogens is 1. The largest absolute Gasteiger partial charge is 0.348 e. The number of benzene rings is 2. The molecule has 2 rings (SSSR count). The molecule has 4 nitrogen and oxygen atoms in total. The van der Waals surface area contributed by atoms with Crippen LogP contribution in [0.1, 0.15) is 24.0 Å². The summed E-state index contributed by atoms with van der Waals surface area (Å²) >= 11 is 0. The number of anilines is 1. The zero-order valence-corrected chi connectivity index (χ0v) is 13.6. The second kappa shape index (κ2) is 8.82. The van der Waals surface area contributed by atoms with Gasteiger partial charge >= 0.3 is 11.8 Å². The monoisotopic (exact) mass is 328 g/mol. The maximum Gasteiger partial charge on any atom is 0.313 e. The molecule has 0 radical (unpaired) electrons. The Morgan fingerprint density at radius 1 is 1.00 bits per heavy atom. The number of unbranched alkanes of at least 4 members (excludes halogenated alkanes) is 1. The summed E-state index contributed by atoms with van der Waals surface area (Å²) in [6.07, 6.45) is 2.65. The zero-order chi connectivity index (χ0) is 17.4. The first-order valence-electron chi connectivity index (χ1n) is 7.95. The highest BCUT2D eigenvalue weighted by atomic mass is 19.1. The van der Waals surface area contributed by atoms with Crippen LogP contribution in [0.2, 0.25) is 0 Å². The predicted octanol–water partition coefficient (Wildman–Crippen LogP) is 3.21. The maximum absolute atomic E-state index is 13.4.